The fourth-order valence-corrected chi connectivity index (χ4v) is 4.16. The maximum Gasteiger partial charge on any atom is 0.324 e. The minimum Gasteiger partial charge on any atom is -0.493 e. The zero-order valence-corrected chi connectivity index (χ0v) is 16.7. The molecule has 0 unspecified atom stereocenters. The van der Waals surface area contributed by atoms with Crippen LogP contribution in [0.3, 0.4) is 0 Å². The first kappa shape index (κ1) is 19.3. The Labute approximate surface area is 170 Å². The van der Waals surface area contributed by atoms with Crippen molar-refractivity contribution in [3.63, 3.8) is 0 Å². The molecule has 2 heterocycles. The lowest BCUT2D eigenvalue weighted by Crippen LogP contribution is -2.45. The third kappa shape index (κ3) is 3.65. The minimum absolute atomic E-state index is 0.102. The van der Waals surface area contributed by atoms with Gasteiger partial charge in [-0.25, -0.2) is 4.79 Å². The molecule has 0 aromatic heterocycles. The van der Waals surface area contributed by atoms with Gasteiger partial charge in [0.25, 0.3) is 0 Å². The third-order valence-corrected chi connectivity index (χ3v) is 5.58. The topological polar surface area (TPSA) is 71.1 Å². The van der Waals surface area contributed by atoms with E-state index in [0.717, 1.165) is 17.5 Å². The van der Waals surface area contributed by atoms with Crippen LogP contribution in [-0.2, 0) is 11.2 Å². The monoisotopic (exact) mass is 395 g/mol. The highest BCUT2D eigenvalue weighted by Gasteiger charge is 2.34. The number of hydrogen-bond acceptors (Lipinski definition) is 5. The Morgan fingerprint density at radius 2 is 1.83 bits per heavy atom. The summed E-state index contributed by atoms with van der Waals surface area (Å²) in [5, 5.41) is 2.69. The summed E-state index contributed by atoms with van der Waals surface area (Å²) in [4.78, 5) is 28.2. The zero-order valence-electron chi connectivity index (χ0n) is 16.7. The highest BCUT2D eigenvalue weighted by Crippen LogP contribution is 2.40. The van der Waals surface area contributed by atoms with Crippen molar-refractivity contribution in [3.8, 4) is 11.5 Å². The lowest BCUT2D eigenvalue weighted by atomic mass is 9.87. The number of nitrogens with zero attached hydrogens (tertiary/aromatic N) is 2. The van der Waals surface area contributed by atoms with E-state index in [1.807, 2.05) is 30.3 Å². The molecule has 1 N–H and O–H groups in total. The summed E-state index contributed by atoms with van der Waals surface area (Å²) >= 11 is 0. The number of ether oxygens (including phenoxy) is 2. The van der Waals surface area contributed by atoms with Crippen molar-refractivity contribution in [2.75, 3.05) is 40.4 Å². The molecule has 7 nitrogen and oxygen atoms in total. The molecule has 4 rings (SSSR count). The number of methoxy groups -OCH3 is 2. The van der Waals surface area contributed by atoms with E-state index >= 15 is 0 Å². The lowest BCUT2D eigenvalue weighted by molar-refractivity contribution is -0.129. The Hall–Kier alpha value is -3.06. The van der Waals surface area contributed by atoms with Crippen molar-refractivity contribution in [3.05, 3.63) is 59.2 Å². The zero-order chi connectivity index (χ0) is 20.4. The van der Waals surface area contributed by atoms with Crippen LogP contribution in [0.25, 0.3) is 0 Å². The first-order chi connectivity index (χ1) is 14.1. The van der Waals surface area contributed by atoms with Gasteiger partial charge in [0.2, 0.25) is 5.91 Å². The summed E-state index contributed by atoms with van der Waals surface area (Å²) < 4.78 is 11.0. The number of hydrogen-bond donors (Lipinski definition) is 1. The molecule has 1 atom stereocenters. The Bertz CT molecular complexity index is 916. The van der Waals surface area contributed by atoms with Crippen LogP contribution in [0, 0.1) is 0 Å². The van der Waals surface area contributed by atoms with E-state index in [9.17, 15) is 9.59 Å². The molecule has 0 spiro atoms. The predicted octanol–water partition coefficient (Wildman–Crippen LogP) is 2.20. The van der Waals surface area contributed by atoms with Crippen LogP contribution in [0.15, 0.2) is 42.5 Å². The molecule has 0 radical (unpaired) electrons. The molecule has 1 fully saturated rings. The van der Waals surface area contributed by atoms with Crippen molar-refractivity contribution in [2.24, 2.45) is 0 Å². The molecule has 2 aromatic carbocycles. The van der Waals surface area contributed by atoms with Gasteiger partial charge in [-0.3, -0.25) is 14.6 Å². The van der Waals surface area contributed by atoms with Crippen molar-refractivity contribution in [1.82, 2.24) is 15.1 Å². The van der Waals surface area contributed by atoms with Gasteiger partial charge in [-0.1, -0.05) is 30.3 Å². The molecule has 3 amide bonds. The first-order valence-corrected chi connectivity index (χ1v) is 9.74. The second-order valence-electron chi connectivity index (χ2n) is 7.22. The van der Waals surface area contributed by atoms with Crippen molar-refractivity contribution in [1.29, 1.82) is 0 Å². The van der Waals surface area contributed by atoms with Crippen LogP contribution >= 0.6 is 0 Å². The van der Waals surface area contributed by atoms with E-state index in [2.05, 4.69) is 22.3 Å². The Kier molecular flexibility index (Phi) is 5.40. The van der Waals surface area contributed by atoms with Gasteiger partial charge in [-0.05, 0) is 35.2 Å². The summed E-state index contributed by atoms with van der Waals surface area (Å²) in [7, 11) is 3.26. The maximum atomic E-state index is 12.8. The molecule has 152 valence electrons. The van der Waals surface area contributed by atoms with Gasteiger partial charge in [-0.2, -0.15) is 0 Å². The molecule has 29 heavy (non-hydrogen) atoms. The number of rotatable bonds is 5. The molecular weight excluding hydrogens is 370 g/mol. The molecule has 0 aliphatic carbocycles. The van der Waals surface area contributed by atoms with Crippen LogP contribution in [0.5, 0.6) is 11.5 Å². The number of amides is 3. The molecule has 7 heteroatoms. The maximum absolute atomic E-state index is 12.8. The number of benzene rings is 2. The van der Waals surface area contributed by atoms with Crippen molar-refractivity contribution < 1.29 is 19.1 Å². The average Bonchev–Trinajstić information content (AvgIpc) is 3.19. The highest BCUT2D eigenvalue weighted by molar-refractivity contribution is 5.96. The van der Waals surface area contributed by atoms with Crippen molar-refractivity contribution in [2.45, 2.75) is 12.5 Å². The Morgan fingerprint density at radius 1 is 1.10 bits per heavy atom. The van der Waals surface area contributed by atoms with Gasteiger partial charge in [0, 0.05) is 19.6 Å². The number of nitrogens with one attached hydrogen (secondary N) is 1. The van der Waals surface area contributed by atoms with E-state index < -0.39 is 0 Å². The number of urea groups is 1. The molecule has 2 aliphatic rings. The van der Waals surface area contributed by atoms with Crippen LogP contribution in [0.1, 0.15) is 22.7 Å². The Balaban J connectivity index is 1.71. The molecule has 0 saturated carbocycles. The largest absolute Gasteiger partial charge is 0.493 e. The van der Waals surface area contributed by atoms with E-state index in [4.69, 9.17) is 9.47 Å². The number of imide groups is 1. The van der Waals surface area contributed by atoms with Crippen LogP contribution in [-0.4, -0.2) is 62.1 Å². The second-order valence-corrected chi connectivity index (χ2v) is 7.22. The summed E-state index contributed by atoms with van der Waals surface area (Å²) in [6.45, 7) is 1.82. The van der Waals surface area contributed by atoms with Gasteiger partial charge in [0.15, 0.2) is 11.5 Å². The lowest BCUT2D eigenvalue weighted by Gasteiger charge is -2.38. The summed E-state index contributed by atoms with van der Waals surface area (Å²) in [5.74, 6) is 1.19. The highest BCUT2D eigenvalue weighted by atomic mass is 16.5. The number of carbonyl (C=O) groups excluding carboxylic acids is 2. The van der Waals surface area contributed by atoms with Crippen LogP contribution in [0.2, 0.25) is 0 Å². The first-order valence-electron chi connectivity index (χ1n) is 9.74. The van der Waals surface area contributed by atoms with E-state index in [-0.39, 0.29) is 24.5 Å². The SMILES string of the molecule is COc1cc2c(cc1OC)[C@H](c1ccccc1)N(CC(=O)N1CCNC1=O)CC2. The summed E-state index contributed by atoms with van der Waals surface area (Å²) in [5.41, 5.74) is 3.37. The standard InChI is InChI=1S/C22H25N3O4/c1-28-18-12-16-8-10-24(14-20(26)25-11-9-23-22(25)27)21(15-6-4-3-5-7-15)17(16)13-19(18)29-2/h3-7,12-13,21H,8-11,14H2,1-2H3,(H,23,27)/t21-/m0/s1. The van der Waals surface area contributed by atoms with Crippen LogP contribution < -0.4 is 14.8 Å². The van der Waals surface area contributed by atoms with Crippen LogP contribution in [0.4, 0.5) is 4.79 Å². The van der Waals surface area contributed by atoms with Gasteiger partial charge in [0.1, 0.15) is 0 Å². The molecular formula is C22H25N3O4. The number of carbonyl (C=O) groups is 2. The fraction of sp³-hybridized carbons (Fsp3) is 0.364. The number of fused-ring (bicyclic) bond motifs is 1. The minimum atomic E-state index is -0.310. The fourth-order valence-electron chi connectivity index (χ4n) is 4.16. The van der Waals surface area contributed by atoms with E-state index in [1.54, 1.807) is 14.2 Å². The van der Waals surface area contributed by atoms with Gasteiger partial charge >= 0.3 is 6.03 Å². The summed E-state index contributed by atoms with van der Waals surface area (Å²) in [6.07, 6.45) is 0.790. The smallest absolute Gasteiger partial charge is 0.324 e. The van der Waals surface area contributed by atoms with E-state index in [1.165, 1.54) is 10.5 Å². The molecule has 2 aromatic rings. The van der Waals surface area contributed by atoms with Gasteiger partial charge in [0.05, 0.1) is 26.8 Å². The van der Waals surface area contributed by atoms with E-state index in [0.29, 0.717) is 31.1 Å². The third-order valence-electron chi connectivity index (χ3n) is 5.58. The molecule has 2 aliphatic heterocycles. The van der Waals surface area contributed by atoms with Gasteiger partial charge in [-0.15, -0.1) is 0 Å². The Morgan fingerprint density at radius 3 is 2.48 bits per heavy atom. The van der Waals surface area contributed by atoms with Crippen molar-refractivity contribution >= 4 is 11.9 Å². The normalized spacial score (nSPS) is 18.9. The van der Waals surface area contributed by atoms with Gasteiger partial charge < -0.3 is 14.8 Å². The predicted molar refractivity (Wildman–Crippen MR) is 108 cm³/mol. The molecule has 0 bridgehead atoms. The molecule has 1 saturated heterocycles. The second kappa shape index (κ2) is 8.13. The quantitative estimate of drug-likeness (QED) is 0.841. The summed E-state index contributed by atoms with van der Waals surface area (Å²) in [6, 6.07) is 13.7. The average molecular weight is 395 g/mol.